The van der Waals surface area contributed by atoms with Gasteiger partial charge in [0, 0.05) is 25.8 Å². The average molecular weight is 265 g/mol. The molecule has 19 heavy (non-hydrogen) atoms. The van der Waals surface area contributed by atoms with E-state index in [1.54, 1.807) is 12.1 Å². The maximum Gasteiger partial charge on any atom is 0.337 e. The first kappa shape index (κ1) is 15.6. The van der Waals surface area contributed by atoms with Gasteiger partial charge in [0.25, 0.3) is 0 Å². The monoisotopic (exact) mass is 265 g/mol. The predicted molar refractivity (Wildman–Crippen MR) is 75.3 cm³/mol. The molecule has 0 aliphatic rings. The Hall–Kier alpha value is -1.46. The summed E-state index contributed by atoms with van der Waals surface area (Å²) in [6.45, 7) is 5.94. The summed E-state index contributed by atoms with van der Waals surface area (Å²) in [6, 6.07) is 3.41. The molecule has 0 aromatic carbocycles. The summed E-state index contributed by atoms with van der Waals surface area (Å²) in [4.78, 5) is 19.5. The van der Waals surface area contributed by atoms with Gasteiger partial charge in [0.15, 0.2) is 0 Å². The molecule has 0 saturated carbocycles. The van der Waals surface area contributed by atoms with Crippen LogP contribution in [0.4, 0.5) is 0 Å². The van der Waals surface area contributed by atoms with Gasteiger partial charge >= 0.3 is 5.97 Å². The van der Waals surface area contributed by atoms with Crippen LogP contribution in [-0.4, -0.2) is 59.6 Å². The van der Waals surface area contributed by atoms with Crippen LogP contribution in [0.15, 0.2) is 18.3 Å². The first-order valence-corrected chi connectivity index (χ1v) is 6.58. The molecule has 1 aromatic heterocycles. The number of nitrogens with zero attached hydrogens (tertiary/aromatic N) is 3. The molecule has 5 nitrogen and oxygen atoms in total. The zero-order valence-electron chi connectivity index (χ0n) is 12.0. The van der Waals surface area contributed by atoms with Crippen molar-refractivity contribution in [3.63, 3.8) is 0 Å². The van der Waals surface area contributed by atoms with Crippen molar-refractivity contribution < 1.29 is 9.90 Å². The summed E-state index contributed by atoms with van der Waals surface area (Å²) in [6.07, 6.45) is 2.52. The maximum atomic E-state index is 10.8. The number of hydrogen-bond donors (Lipinski definition) is 1. The van der Waals surface area contributed by atoms with Gasteiger partial charge in [-0.15, -0.1) is 0 Å². The van der Waals surface area contributed by atoms with Gasteiger partial charge in [-0.2, -0.15) is 0 Å². The number of carbonyl (C=O) groups is 1. The number of carboxylic acids is 1. The summed E-state index contributed by atoms with van der Waals surface area (Å²) >= 11 is 0. The largest absolute Gasteiger partial charge is 0.478 e. The molecular weight excluding hydrogens is 242 g/mol. The third-order valence-corrected chi connectivity index (χ3v) is 2.86. The smallest absolute Gasteiger partial charge is 0.337 e. The fourth-order valence-electron chi connectivity index (χ4n) is 1.80. The van der Waals surface area contributed by atoms with Crippen molar-refractivity contribution in [3.05, 3.63) is 29.6 Å². The van der Waals surface area contributed by atoms with Crippen molar-refractivity contribution >= 4 is 5.97 Å². The summed E-state index contributed by atoms with van der Waals surface area (Å²) in [5.41, 5.74) is 1.15. The standard InChI is InChI=1S/C14H23N3O2/c1-4-7-17(9-8-16(2)3)11-13-6-5-12(10-15-13)14(18)19/h5-6,10H,4,7-9,11H2,1-3H3,(H,18,19). The number of aromatic carboxylic acids is 1. The van der Waals surface area contributed by atoms with Crippen LogP contribution in [0, 0.1) is 0 Å². The molecule has 0 fully saturated rings. The van der Waals surface area contributed by atoms with Crippen molar-refractivity contribution in [1.29, 1.82) is 0 Å². The molecule has 0 radical (unpaired) electrons. The zero-order chi connectivity index (χ0) is 14.3. The molecule has 0 saturated heterocycles. The third kappa shape index (κ3) is 5.81. The molecule has 0 unspecified atom stereocenters. The minimum atomic E-state index is -0.933. The number of hydrogen-bond acceptors (Lipinski definition) is 4. The number of rotatable bonds is 8. The van der Waals surface area contributed by atoms with Crippen LogP contribution in [0.5, 0.6) is 0 Å². The van der Waals surface area contributed by atoms with Gasteiger partial charge < -0.3 is 10.0 Å². The molecular formula is C14H23N3O2. The Balaban J connectivity index is 2.59. The lowest BCUT2D eigenvalue weighted by atomic mass is 10.2. The Kier molecular flexibility index (Phi) is 6.45. The van der Waals surface area contributed by atoms with Gasteiger partial charge in [-0.1, -0.05) is 6.92 Å². The lowest BCUT2D eigenvalue weighted by molar-refractivity contribution is 0.0696. The topological polar surface area (TPSA) is 56.7 Å². The number of pyridine rings is 1. The predicted octanol–water partition coefficient (Wildman–Crippen LogP) is 1.55. The quantitative estimate of drug-likeness (QED) is 0.773. The summed E-state index contributed by atoms with van der Waals surface area (Å²) in [5, 5.41) is 8.83. The number of likely N-dealkylation sites (N-methyl/N-ethyl adjacent to an activating group) is 1. The van der Waals surface area contributed by atoms with Crippen molar-refractivity contribution in [2.75, 3.05) is 33.7 Å². The Morgan fingerprint density at radius 1 is 1.26 bits per heavy atom. The van der Waals surface area contributed by atoms with Crippen LogP contribution < -0.4 is 0 Å². The normalized spacial score (nSPS) is 11.2. The van der Waals surface area contributed by atoms with Crippen LogP contribution in [0.1, 0.15) is 29.4 Å². The maximum absolute atomic E-state index is 10.8. The molecule has 1 heterocycles. The van der Waals surface area contributed by atoms with E-state index in [0.717, 1.165) is 38.3 Å². The highest BCUT2D eigenvalue weighted by Crippen LogP contribution is 2.05. The van der Waals surface area contributed by atoms with Gasteiger partial charge in [0.05, 0.1) is 11.3 Å². The second-order valence-corrected chi connectivity index (χ2v) is 4.92. The third-order valence-electron chi connectivity index (χ3n) is 2.86. The van der Waals surface area contributed by atoms with E-state index in [4.69, 9.17) is 5.11 Å². The van der Waals surface area contributed by atoms with Gasteiger partial charge in [-0.05, 0) is 39.2 Å². The average Bonchev–Trinajstić information content (AvgIpc) is 2.37. The Bertz CT molecular complexity index is 390. The second kappa shape index (κ2) is 7.86. The molecule has 0 aliphatic carbocycles. The highest BCUT2D eigenvalue weighted by atomic mass is 16.4. The van der Waals surface area contributed by atoms with Crippen molar-refractivity contribution in [1.82, 2.24) is 14.8 Å². The molecule has 0 atom stereocenters. The number of aromatic nitrogens is 1. The zero-order valence-corrected chi connectivity index (χ0v) is 12.0. The summed E-state index contributed by atoms with van der Waals surface area (Å²) in [5.74, 6) is -0.933. The SMILES string of the molecule is CCCN(CCN(C)C)Cc1ccc(C(=O)O)cn1. The van der Waals surface area contributed by atoms with E-state index in [0.29, 0.717) is 0 Å². The molecule has 0 spiro atoms. The van der Waals surface area contributed by atoms with E-state index in [-0.39, 0.29) is 5.56 Å². The van der Waals surface area contributed by atoms with E-state index < -0.39 is 5.97 Å². The Morgan fingerprint density at radius 2 is 2.00 bits per heavy atom. The van der Waals surface area contributed by atoms with Crippen LogP contribution >= 0.6 is 0 Å². The molecule has 1 N–H and O–H groups in total. The Labute approximate surface area is 114 Å². The lowest BCUT2D eigenvalue weighted by Crippen LogP contribution is -2.32. The van der Waals surface area contributed by atoms with E-state index >= 15 is 0 Å². The van der Waals surface area contributed by atoms with Crippen molar-refractivity contribution in [2.45, 2.75) is 19.9 Å². The molecule has 106 valence electrons. The minimum Gasteiger partial charge on any atom is -0.478 e. The first-order chi connectivity index (χ1) is 9.02. The van der Waals surface area contributed by atoms with Gasteiger partial charge in [-0.3, -0.25) is 9.88 Å². The molecule has 0 bridgehead atoms. The van der Waals surface area contributed by atoms with E-state index in [1.165, 1.54) is 6.20 Å². The van der Waals surface area contributed by atoms with Gasteiger partial charge in [0.1, 0.15) is 0 Å². The lowest BCUT2D eigenvalue weighted by Gasteiger charge is -2.23. The van der Waals surface area contributed by atoms with E-state index in [1.807, 2.05) is 0 Å². The van der Waals surface area contributed by atoms with E-state index in [2.05, 4.69) is 35.8 Å². The molecule has 5 heteroatoms. The van der Waals surface area contributed by atoms with Gasteiger partial charge in [0.2, 0.25) is 0 Å². The number of carboxylic acid groups (broad SMARTS) is 1. The second-order valence-electron chi connectivity index (χ2n) is 4.92. The molecule has 1 rings (SSSR count). The van der Waals surface area contributed by atoms with Crippen LogP contribution in [0.3, 0.4) is 0 Å². The molecule has 1 aromatic rings. The first-order valence-electron chi connectivity index (χ1n) is 6.58. The highest BCUT2D eigenvalue weighted by Gasteiger charge is 2.08. The summed E-state index contributed by atoms with van der Waals surface area (Å²) in [7, 11) is 4.12. The Morgan fingerprint density at radius 3 is 2.47 bits per heavy atom. The minimum absolute atomic E-state index is 0.235. The van der Waals surface area contributed by atoms with Crippen LogP contribution in [0.2, 0.25) is 0 Å². The summed E-state index contributed by atoms with van der Waals surface area (Å²) < 4.78 is 0. The van der Waals surface area contributed by atoms with Crippen LogP contribution in [0.25, 0.3) is 0 Å². The fraction of sp³-hybridized carbons (Fsp3) is 0.571. The van der Waals surface area contributed by atoms with Gasteiger partial charge in [-0.25, -0.2) is 4.79 Å². The molecule has 0 aliphatic heterocycles. The molecule has 0 amide bonds. The highest BCUT2D eigenvalue weighted by molar-refractivity contribution is 5.87. The van der Waals surface area contributed by atoms with Crippen LogP contribution in [-0.2, 0) is 6.54 Å². The fourth-order valence-corrected chi connectivity index (χ4v) is 1.80. The van der Waals surface area contributed by atoms with E-state index in [9.17, 15) is 4.79 Å². The van der Waals surface area contributed by atoms with Crippen molar-refractivity contribution in [3.8, 4) is 0 Å². The van der Waals surface area contributed by atoms with Crippen molar-refractivity contribution in [2.24, 2.45) is 0 Å².